The van der Waals surface area contributed by atoms with E-state index in [1.54, 1.807) is 0 Å². The molecule has 8 nitrogen and oxygen atoms in total. The zero-order chi connectivity index (χ0) is 13.7. The highest BCUT2D eigenvalue weighted by Crippen LogP contribution is 2.24. The number of carbonyl (C=O) groups is 1. The van der Waals surface area contributed by atoms with Crippen molar-refractivity contribution in [2.75, 3.05) is 12.3 Å². The van der Waals surface area contributed by atoms with Crippen molar-refractivity contribution in [2.24, 2.45) is 5.11 Å². The quantitative estimate of drug-likeness (QED) is 0.262. The number of anilines is 1. The van der Waals surface area contributed by atoms with Crippen molar-refractivity contribution in [1.82, 2.24) is 0 Å². The van der Waals surface area contributed by atoms with Crippen molar-refractivity contribution in [3.05, 3.63) is 39.8 Å². The number of carboxylic acid groups (broad SMARTS) is 1. The van der Waals surface area contributed by atoms with Crippen molar-refractivity contribution in [2.45, 2.75) is 12.2 Å². The summed E-state index contributed by atoms with van der Waals surface area (Å²) in [4.78, 5) is 13.1. The summed E-state index contributed by atoms with van der Waals surface area (Å²) in [5, 5.41) is 31.2. The Morgan fingerprint density at radius 3 is 2.67 bits per heavy atom. The van der Waals surface area contributed by atoms with Crippen molar-refractivity contribution < 1.29 is 20.1 Å². The normalized spacial score (nSPS) is 13.4. The van der Waals surface area contributed by atoms with E-state index in [9.17, 15) is 15.0 Å². The first-order chi connectivity index (χ1) is 8.47. The fourth-order valence-corrected chi connectivity index (χ4v) is 1.40. The molecule has 0 aromatic heterocycles. The van der Waals surface area contributed by atoms with Crippen LogP contribution in [0.25, 0.3) is 10.4 Å². The van der Waals surface area contributed by atoms with E-state index in [2.05, 4.69) is 10.0 Å². The van der Waals surface area contributed by atoms with Crippen LogP contribution in [0.1, 0.15) is 22.0 Å². The monoisotopic (exact) mass is 252 g/mol. The van der Waals surface area contributed by atoms with E-state index in [-0.39, 0.29) is 23.4 Å². The summed E-state index contributed by atoms with van der Waals surface area (Å²) in [5.74, 6) is -1.14. The summed E-state index contributed by atoms with van der Waals surface area (Å²) in [6.07, 6.45) is -2.66. The van der Waals surface area contributed by atoms with Gasteiger partial charge in [-0.1, -0.05) is 11.2 Å². The van der Waals surface area contributed by atoms with Gasteiger partial charge in [0.15, 0.2) is 0 Å². The third-order valence-corrected chi connectivity index (χ3v) is 2.35. The summed E-state index contributed by atoms with van der Waals surface area (Å²) >= 11 is 0. The molecule has 8 heteroatoms. The summed E-state index contributed by atoms with van der Waals surface area (Å²) in [7, 11) is 0. The lowest BCUT2D eigenvalue weighted by Gasteiger charge is -2.18. The summed E-state index contributed by atoms with van der Waals surface area (Å²) < 4.78 is 0. The third-order valence-electron chi connectivity index (χ3n) is 2.35. The Morgan fingerprint density at radius 1 is 1.50 bits per heavy atom. The molecular formula is C10H12N4O4. The molecule has 2 atom stereocenters. The highest BCUT2D eigenvalue weighted by molar-refractivity contribution is 5.89. The van der Waals surface area contributed by atoms with Crippen LogP contribution in [-0.4, -0.2) is 33.9 Å². The molecule has 0 aliphatic heterocycles. The SMILES string of the molecule is [N-]=[N+]=NCC(O)C(O)c1ccc(C(=O)O)cc1N. The van der Waals surface area contributed by atoms with Crippen LogP contribution in [0.3, 0.4) is 0 Å². The summed E-state index contributed by atoms with van der Waals surface area (Å²) in [6.45, 7) is -0.308. The van der Waals surface area contributed by atoms with E-state index in [4.69, 9.17) is 16.4 Å². The van der Waals surface area contributed by atoms with Gasteiger partial charge in [0.2, 0.25) is 0 Å². The number of nitrogens with two attached hydrogens (primary N) is 1. The van der Waals surface area contributed by atoms with Gasteiger partial charge in [-0.2, -0.15) is 0 Å². The maximum Gasteiger partial charge on any atom is 0.335 e. The molecule has 0 saturated heterocycles. The Balaban J connectivity index is 2.95. The predicted octanol–water partition coefficient (Wildman–Crippen LogP) is 0.672. The molecule has 0 aliphatic rings. The number of benzene rings is 1. The molecule has 0 bridgehead atoms. The van der Waals surface area contributed by atoms with Gasteiger partial charge in [0, 0.05) is 16.2 Å². The Bertz CT molecular complexity index is 499. The minimum absolute atomic E-state index is 0.0204. The van der Waals surface area contributed by atoms with Crippen LogP contribution in [0.15, 0.2) is 23.3 Å². The average Bonchev–Trinajstić information content (AvgIpc) is 2.34. The topological polar surface area (TPSA) is 153 Å². The molecule has 1 aromatic rings. The van der Waals surface area contributed by atoms with E-state index in [1.807, 2.05) is 0 Å². The van der Waals surface area contributed by atoms with E-state index in [0.717, 1.165) is 0 Å². The smallest absolute Gasteiger partial charge is 0.335 e. The van der Waals surface area contributed by atoms with Crippen molar-refractivity contribution in [3.63, 3.8) is 0 Å². The van der Waals surface area contributed by atoms with Gasteiger partial charge < -0.3 is 21.1 Å². The van der Waals surface area contributed by atoms with Crippen LogP contribution in [0.2, 0.25) is 0 Å². The second kappa shape index (κ2) is 5.87. The van der Waals surface area contributed by atoms with Crippen molar-refractivity contribution in [1.29, 1.82) is 0 Å². The van der Waals surface area contributed by atoms with Gasteiger partial charge in [-0.25, -0.2) is 4.79 Å². The zero-order valence-electron chi connectivity index (χ0n) is 9.26. The maximum absolute atomic E-state index is 10.7. The van der Waals surface area contributed by atoms with Crippen LogP contribution >= 0.6 is 0 Å². The Hall–Kier alpha value is -2.28. The van der Waals surface area contributed by atoms with E-state index >= 15 is 0 Å². The fraction of sp³-hybridized carbons (Fsp3) is 0.300. The van der Waals surface area contributed by atoms with Gasteiger partial charge in [0.1, 0.15) is 6.10 Å². The van der Waals surface area contributed by atoms with Gasteiger partial charge in [0.05, 0.1) is 18.2 Å². The molecule has 0 fully saturated rings. The number of aromatic carboxylic acids is 1. The minimum atomic E-state index is -1.35. The average molecular weight is 252 g/mol. The highest BCUT2D eigenvalue weighted by Gasteiger charge is 2.20. The lowest BCUT2D eigenvalue weighted by molar-refractivity contribution is 0.0248. The van der Waals surface area contributed by atoms with Crippen LogP contribution in [-0.2, 0) is 0 Å². The molecule has 0 radical (unpaired) electrons. The van der Waals surface area contributed by atoms with E-state index in [1.165, 1.54) is 18.2 Å². The maximum atomic E-state index is 10.7. The second-order valence-corrected chi connectivity index (χ2v) is 3.57. The summed E-state index contributed by atoms with van der Waals surface area (Å²) in [5.41, 5.74) is 13.9. The third kappa shape index (κ3) is 3.11. The zero-order valence-corrected chi connectivity index (χ0v) is 9.26. The number of aliphatic hydroxyl groups is 2. The van der Waals surface area contributed by atoms with Gasteiger partial charge in [0.25, 0.3) is 0 Å². The Kier molecular flexibility index (Phi) is 4.50. The summed E-state index contributed by atoms with van der Waals surface area (Å²) in [6, 6.07) is 3.75. The van der Waals surface area contributed by atoms with Crippen molar-refractivity contribution in [3.8, 4) is 0 Å². The molecule has 0 spiro atoms. The molecule has 0 amide bonds. The van der Waals surface area contributed by atoms with Crippen molar-refractivity contribution >= 4 is 11.7 Å². The minimum Gasteiger partial charge on any atom is -0.478 e. The number of rotatable bonds is 5. The van der Waals surface area contributed by atoms with Gasteiger partial charge in [-0.05, 0) is 17.7 Å². The van der Waals surface area contributed by atoms with Crippen LogP contribution in [0.5, 0.6) is 0 Å². The van der Waals surface area contributed by atoms with E-state index in [0.29, 0.717) is 0 Å². The first-order valence-electron chi connectivity index (χ1n) is 4.97. The predicted molar refractivity (Wildman–Crippen MR) is 62.8 cm³/mol. The standard InChI is InChI=1S/C10H12N4O4/c11-7-3-5(10(17)18)1-2-6(7)9(16)8(15)4-13-14-12/h1-3,8-9,15-16H,4,11H2,(H,17,18). The first-order valence-corrected chi connectivity index (χ1v) is 4.97. The van der Waals surface area contributed by atoms with Gasteiger partial charge in [-0.3, -0.25) is 0 Å². The molecule has 96 valence electrons. The van der Waals surface area contributed by atoms with Crippen LogP contribution in [0.4, 0.5) is 5.69 Å². The number of nitrogen functional groups attached to an aromatic ring is 1. The molecule has 0 aliphatic carbocycles. The number of azide groups is 1. The van der Waals surface area contributed by atoms with Crippen LogP contribution < -0.4 is 5.73 Å². The number of hydrogen-bond acceptors (Lipinski definition) is 5. The lowest BCUT2D eigenvalue weighted by Crippen LogP contribution is -2.22. The molecule has 1 aromatic carbocycles. The Morgan fingerprint density at radius 2 is 2.17 bits per heavy atom. The van der Waals surface area contributed by atoms with E-state index < -0.39 is 18.2 Å². The number of aliphatic hydroxyl groups excluding tert-OH is 2. The lowest BCUT2D eigenvalue weighted by atomic mass is 10.0. The molecule has 2 unspecified atom stereocenters. The number of hydrogen-bond donors (Lipinski definition) is 4. The number of carboxylic acids is 1. The Labute approximate surface area is 102 Å². The highest BCUT2D eigenvalue weighted by atomic mass is 16.4. The molecule has 5 N–H and O–H groups in total. The number of nitrogens with zero attached hydrogens (tertiary/aromatic N) is 3. The first kappa shape index (κ1) is 13.8. The molecular weight excluding hydrogens is 240 g/mol. The van der Waals surface area contributed by atoms with Crippen LogP contribution in [0, 0.1) is 0 Å². The molecule has 0 heterocycles. The molecule has 18 heavy (non-hydrogen) atoms. The van der Waals surface area contributed by atoms with Gasteiger partial charge in [-0.15, -0.1) is 0 Å². The fourth-order valence-electron chi connectivity index (χ4n) is 1.40. The second-order valence-electron chi connectivity index (χ2n) is 3.57. The largest absolute Gasteiger partial charge is 0.478 e. The van der Waals surface area contributed by atoms with Gasteiger partial charge >= 0.3 is 5.97 Å². The molecule has 0 saturated carbocycles. The molecule has 1 rings (SSSR count).